The van der Waals surface area contributed by atoms with Gasteiger partial charge in [-0.2, -0.15) is 17.9 Å². The third-order valence-electron chi connectivity index (χ3n) is 4.30. The van der Waals surface area contributed by atoms with E-state index in [1.807, 2.05) is 6.07 Å². The summed E-state index contributed by atoms with van der Waals surface area (Å²) in [6.45, 7) is 2.11. The molecule has 2 N–H and O–H groups in total. The molecule has 0 spiro atoms. The number of nitriles is 1. The van der Waals surface area contributed by atoms with Crippen molar-refractivity contribution in [1.82, 2.24) is 0 Å². The van der Waals surface area contributed by atoms with Crippen LogP contribution >= 0.6 is 28.6 Å². The summed E-state index contributed by atoms with van der Waals surface area (Å²) in [7, 11) is 0. The Kier molecular flexibility index (Phi) is 10.3. The number of hydrogen-bond acceptors (Lipinski definition) is 8. The van der Waals surface area contributed by atoms with Crippen LogP contribution < -0.4 is 5.32 Å². The van der Waals surface area contributed by atoms with Crippen molar-refractivity contribution >= 4 is 46.3 Å². The van der Waals surface area contributed by atoms with Gasteiger partial charge in [0, 0.05) is 28.8 Å². The minimum Gasteiger partial charge on any atom is -0.508 e. The van der Waals surface area contributed by atoms with Crippen LogP contribution in [0.3, 0.4) is 0 Å². The third-order valence-corrected chi connectivity index (χ3v) is 5.05. The molecule has 32 heavy (non-hydrogen) atoms. The number of hydrogen-bond donors (Lipinski definition) is 3. The second-order valence-corrected chi connectivity index (χ2v) is 7.74. The summed E-state index contributed by atoms with van der Waals surface area (Å²) in [6.07, 6.45) is -2.27. The fourth-order valence-electron chi connectivity index (χ4n) is 2.85. The van der Waals surface area contributed by atoms with E-state index < -0.39 is 24.3 Å². The van der Waals surface area contributed by atoms with Crippen molar-refractivity contribution in [2.24, 2.45) is 0 Å². The Balaban J connectivity index is 2.25. The molecular weight excluding hydrogens is 500 g/mol. The number of rotatable bonds is 10. The predicted octanol–water partition coefficient (Wildman–Crippen LogP) is 4.58. The molecule has 170 valence electrons. The number of nitrogens with one attached hydrogen (secondary N) is 1. The van der Waals surface area contributed by atoms with E-state index in [2.05, 4.69) is 33.9 Å². The zero-order valence-electron chi connectivity index (χ0n) is 17.3. The van der Waals surface area contributed by atoms with Crippen LogP contribution in [0.2, 0.25) is 0 Å². The van der Waals surface area contributed by atoms with Gasteiger partial charge in [-0.05, 0) is 49.4 Å². The molecule has 0 aliphatic heterocycles. The number of nitrogens with zero attached hydrogens (tertiary/aromatic N) is 1. The van der Waals surface area contributed by atoms with Gasteiger partial charge in [0.25, 0.3) is 0 Å². The summed E-state index contributed by atoms with van der Waals surface area (Å²) in [5.74, 6) is -0.620. The maximum atomic E-state index is 12.6. The molecule has 0 aromatic heterocycles. The van der Waals surface area contributed by atoms with Crippen LogP contribution in [0.15, 0.2) is 46.9 Å². The average Bonchev–Trinajstić information content (AvgIpc) is 2.79. The molecule has 0 aliphatic rings. The highest BCUT2D eigenvalue weighted by Gasteiger charge is 2.30. The first kappa shape index (κ1) is 25.5. The van der Waals surface area contributed by atoms with Crippen molar-refractivity contribution in [2.75, 3.05) is 24.3 Å². The molecule has 2 rings (SSSR count). The number of halogens is 1. The van der Waals surface area contributed by atoms with E-state index in [1.165, 1.54) is 6.07 Å². The molecule has 8 nitrogen and oxygen atoms in total. The largest absolute Gasteiger partial charge is 0.508 e. The number of anilines is 1. The van der Waals surface area contributed by atoms with Crippen LogP contribution in [-0.2, 0) is 19.0 Å². The second kappa shape index (κ2) is 13.0. The molecule has 0 radical (unpaired) electrons. The normalized spacial score (nSPS) is 12.3. The molecule has 1 amide bonds. The van der Waals surface area contributed by atoms with Crippen LogP contribution in [0, 0.1) is 11.3 Å². The molecular formula is C22H23BrN2O6S. The number of carbonyl (C=O) groups is 2. The number of ether oxygens (including phenoxy) is 3. The molecule has 0 fully saturated rings. The molecule has 0 saturated carbocycles. The number of aromatic hydroxyl groups is 1. The number of carbonyl (C=O) groups excluding carboxylic acids is 2. The SMILES string of the molecule is CCO[C@@H](CCOC(=O)CS)[C@@H](OC(=O)Nc1ccc(C#N)cc1)c1cc(Br)ccc1O. The van der Waals surface area contributed by atoms with Crippen molar-refractivity contribution in [3.8, 4) is 11.8 Å². The number of benzene rings is 2. The van der Waals surface area contributed by atoms with E-state index in [-0.39, 0.29) is 24.5 Å². The fraction of sp³-hybridized carbons (Fsp3) is 0.318. The number of phenolic OH excluding ortho intramolecular Hbond substituents is 1. The smallest absolute Gasteiger partial charge is 0.412 e. The lowest BCUT2D eigenvalue weighted by atomic mass is 10.0. The van der Waals surface area contributed by atoms with Crippen LogP contribution in [0.4, 0.5) is 10.5 Å². The zero-order valence-corrected chi connectivity index (χ0v) is 19.8. The van der Waals surface area contributed by atoms with Gasteiger partial charge in [0.2, 0.25) is 0 Å². The fourth-order valence-corrected chi connectivity index (χ4v) is 3.32. The summed E-state index contributed by atoms with van der Waals surface area (Å²) in [5, 5.41) is 21.9. The van der Waals surface area contributed by atoms with Gasteiger partial charge in [0.05, 0.1) is 24.0 Å². The number of amides is 1. The van der Waals surface area contributed by atoms with E-state index in [0.29, 0.717) is 27.9 Å². The van der Waals surface area contributed by atoms with Gasteiger partial charge in [-0.15, -0.1) is 0 Å². The van der Waals surface area contributed by atoms with Crippen LogP contribution in [0.5, 0.6) is 5.75 Å². The molecule has 0 heterocycles. The van der Waals surface area contributed by atoms with Crippen molar-refractivity contribution in [1.29, 1.82) is 5.26 Å². The van der Waals surface area contributed by atoms with Crippen molar-refractivity contribution < 1.29 is 28.9 Å². The van der Waals surface area contributed by atoms with Crippen LogP contribution in [-0.4, -0.2) is 42.2 Å². The maximum absolute atomic E-state index is 12.6. The third kappa shape index (κ3) is 7.75. The summed E-state index contributed by atoms with van der Waals surface area (Å²) >= 11 is 7.22. The van der Waals surface area contributed by atoms with Gasteiger partial charge >= 0.3 is 12.1 Å². The quantitative estimate of drug-likeness (QED) is 0.308. The van der Waals surface area contributed by atoms with Gasteiger partial charge in [-0.25, -0.2) is 4.79 Å². The highest BCUT2D eigenvalue weighted by Crippen LogP contribution is 2.34. The molecule has 2 aromatic carbocycles. The van der Waals surface area contributed by atoms with Gasteiger partial charge in [0.15, 0.2) is 6.10 Å². The first-order chi connectivity index (χ1) is 15.4. The Bertz CT molecular complexity index is 964. The molecule has 0 aliphatic carbocycles. The van der Waals surface area contributed by atoms with Crippen molar-refractivity contribution in [3.63, 3.8) is 0 Å². The van der Waals surface area contributed by atoms with Crippen molar-refractivity contribution in [2.45, 2.75) is 25.6 Å². The summed E-state index contributed by atoms with van der Waals surface area (Å²) in [5.41, 5.74) is 1.21. The minimum absolute atomic E-state index is 0.0237. The number of thiol groups is 1. The topological polar surface area (TPSA) is 118 Å². The van der Waals surface area contributed by atoms with Crippen LogP contribution in [0.1, 0.15) is 30.6 Å². The standard InChI is InChI=1S/C22H23BrN2O6S/c1-2-29-19(9-10-30-20(27)13-32)21(17-11-15(23)5-8-18(17)26)31-22(28)25-16-6-3-14(12-24)4-7-16/h3-8,11,19,21,26,32H,2,9-10,13H2,1H3,(H,25,28)/t19-,21-/m0/s1. The monoisotopic (exact) mass is 522 g/mol. The molecule has 0 bridgehead atoms. The van der Waals surface area contributed by atoms with Gasteiger partial charge < -0.3 is 19.3 Å². The predicted molar refractivity (Wildman–Crippen MR) is 125 cm³/mol. The Morgan fingerprint density at radius 1 is 1.25 bits per heavy atom. The lowest BCUT2D eigenvalue weighted by Gasteiger charge is -2.28. The van der Waals surface area contributed by atoms with Gasteiger partial charge in [-0.3, -0.25) is 10.1 Å². The molecule has 2 atom stereocenters. The Hall–Kier alpha value is -2.74. The van der Waals surface area contributed by atoms with E-state index in [9.17, 15) is 14.7 Å². The molecule has 10 heteroatoms. The maximum Gasteiger partial charge on any atom is 0.412 e. The molecule has 0 saturated heterocycles. The first-order valence-electron chi connectivity index (χ1n) is 9.72. The number of phenols is 1. The number of esters is 1. The summed E-state index contributed by atoms with van der Waals surface area (Å²) in [6, 6.07) is 13.0. The first-order valence-corrected chi connectivity index (χ1v) is 11.1. The van der Waals surface area contributed by atoms with E-state index in [0.717, 1.165) is 0 Å². The summed E-state index contributed by atoms with van der Waals surface area (Å²) < 4.78 is 17.2. The highest BCUT2D eigenvalue weighted by molar-refractivity contribution is 9.10. The Morgan fingerprint density at radius 3 is 2.59 bits per heavy atom. The van der Waals surface area contributed by atoms with Gasteiger partial charge in [0.1, 0.15) is 11.9 Å². The average molecular weight is 523 g/mol. The minimum atomic E-state index is -1.000. The van der Waals surface area contributed by atoms with E-state index in [4.69, 9.17) is 19.5 Å². The Labute approximate surface area is 200 Å². The van der Waals surface area contributed by atoms with Crippen LogP contribution in [0.25, 0.3) is 0 Å². The zero-order chi connectivity index (χ0) is 23.5. The van der Waals surface area contributed by atoms with E-state index >= 15 is 0 Å². The molecule has 0 unspecified atom stereocenters. The van der Waals surface area contributed by atoms with Crippen molar-refractivity contribution in [3.05, 3.63) is 58.1 Å². The lowest BCUT2D eigenvalue weighted by molar-refractivity contribution is -0.142. The second-order valence-electron chi connectivity index (χ2n) is 6.50. The summed E-state index contributed by atoms with van der Waals surface area (Å²) in [4.78, 5) is 24.1. The molecule has 2 aromatic rings. The Morgan fingerprint density at radius 2 is 1.97 bits per heavy atom. The highest BCUT2D eigenvalue weighted by atomic mass is 79.9. The lowest BCUT2D eigenvalue weighted by Crippen LogP contribution is -2.30. The van der Waals surface area contributed by atoms with Gasteiger partial charge in [-0.1, -0.05) is 15.9 Å². The van der Waals surface area contributed by atoms with E-state index in [1.54, 1.807) is 43.3 Å².